The van der Waals surface area contributed by atoms with Crippen LogP contribution in [0.15, 0.2) is 0 Å². The molecule has 0 saturated carbocycles. The van der Waals surface area contributed by atoms with E-state index in [1.165, 1.54) is 0 Å². The van der Waals surface area contributed by atoms with Gasteiger partial charge in [-0.3, -0.25) is 0 Å². The third-order valence-electron chi connectivity index (χ3n) is 2.53. The molecule has 0 amide bonds. The van der Waals surface area contributed by atoms with Gasteiger partial charge in [-0.2, -0.15) is 0 Å². The third kappa shape index (κ3) is 3.05. The monoisotopic (exact) mass is 225 g/mol. The smallest absolute Gasteiger partial charge is 0.358 e. The minimum atomic E-state index is -0.994. The van der Waals surface area contributed by atoms with Gasteiger partial charge in [0.25, 0.3) is 0 Å². The molecule has 90 valence electrons. The lowest BCUT2D eigenvalue weighted by atomic mass is 10.1. The van der Waals surface area contributed by atoms with Gasteiger partial charge in [0.1, 0.15) is 0 Å². The number of aromatic nitrogens is 3. The van der Waals surface area contributed by atoms with E-state index in [9.17, 15) is 4.79 Å². The molecule has 1 heterocycles. The zero-order valence-corrected chi connectivity index (χ0v) is 10.1. The number of aryl methyl sites for hydroxylation is 1. The van der Waals surface area contributed by atoms with E-state index >= 15 is 0 Å². The molecule has 0 aromatic carbocycles. The normalized spacial score (nSPS) is 11.0. The van der Waals surface area contributed by atoms with Gasteiger partial charge in [-0.15, -0.1) is 5.10 Å². The molecule has 1 aromatic heterocycles. The largest absolute Gasteiger partial charge is 0.476 e. The van der Waals surface area contributed by atoms with Crippen LogP contribution in [0, 0.1) is 5.92 Å². The fourth-order valence-corrected chi connectivity index (χ4v) is 1.68. The van der Waals surface area contributed by atoms with Gasteiger partial charge in [0.15, 0.2) is 5.69 Å². The van der Waals surface area contributed by atoms with Crippen LogP contribution in [-0.4, -0.2) is 26.1 Å². The van der Waals surface area contributed by atoms with Crippen molar-refractivity contribution in [2.75, 3.05) is 0 Å². The first kappa shape index (κ1) is 12.7. The van der Waals surface area contributed by atoms with Crippen LogP contribution >= 0.6 is 0 Å². The molecule has 0 aliphatic rings. The summed E-state index contributed by atoms with van der Waals surface area (Å²) in [7, 11) is 0. The average molecular weight is 225 g/mol. The molecule has 0 bridgehead atoms. The number of hydrogen-bond acceptors (Lipinski definition) is 3. The Morgan fingerprint density at radius 2 is 2.19 bits per heavy atom. The Balaban J connectivity index is 2.69. The van der Waals surface area contributed by atoms with Crippen LogP contribution in [0.1, 0.15) is 49.8 Å². The van der Waals surface area contributed by atoms with Crippen LogP contribution in [0.3, 0.4) is 0 Å². The third-order valence-corrected chi connectivity index (χ3v) is 2.53. The van der Waals surface area contributed by atoms with Crippen molar-refractivity contribution in [2.24, 2.45) is 5.92 Å². The fraction of sp³-hybridized carbons (Fsp3) is 0.727. The summed E-state index contributed by atoms with van der Waals surface area (Å²) < 4.78 is 1.71. The molecule has 5 nitrogen and oxygen atoms in total. The summed E-state index contributed by atoms with van der Waals surface area (Å²) in [6.07, 6.45) is 2.77. The zero-order valence-electron chi connectivity index (χ0n) is 10.1. The predicted molar refractivity (Wildman–Crippen MR) is 60.4 cm³/mol. The Kier molecular flexibility index (Phi) is 4.46. The second kappa shape index (κ2) is 5.63. The average Bonchev–Trinajstić information content (AvgIpc) is 2.60. The molecule has 1 rings (SSSR count). The van der Waals surface area contributed by atoms with E-state index in [2.05, 4.69) is 24.2 Å². The number of aromatic carboxylic acids is 1. The number of rotatable bonds is 6. The Bertz CT molecular complexity index is 358. The summed E-state index contributed by atoms with van der Waals surface area (Å²) in [6, 6.07) is 0. The highest BCUT2D eigenvalue weighted by atomic mass is 16.4. The predicted octanol–water partition coefficient (Wildman–Crippen LogP) is 1.97. The van der Waals surface area contributed by atoms with Gasteiger partial charge in [0.2, 0.25) is 0 Å². The second-order valence-corrected chi connectivity index (χ2v) is 4.30. The van der Waals surface area contributed by atoms with E-state index in [4.69, 9.17) is 5.11 Å². The van der Waals surface area contributed by atoms with Crippen molar-refractivity contribution in [3.05, 3.63) is 11.4 Å². The first-order valence-corrected chi connectivity index (χ1v) is 5.71. The van der Waals surface area contributed by atoms with E-state index < -0.39 is 5.97 Å². The molecule has 0 atom stereocenters. The van der Waals surface area contributed by atoms with Crippen molar-refractivity contribution >= 4 is 5.97 Å². The maximum Gasteiger partial charge on any atom is 0.358 e. The highest BCUT2D eigenvalue weighted by Crippen LogP contribution is 2.10. The first-order valence-electron chi connectivity index (χ1n) is 5.71. The quantitative estimate of drug-likeness (QED) is 0.803. The van der Waals surface area contributed by atoms with Crippen LogP contribution in [0.25, 0.3) is 0 Å². The second-order valence-electron chi connectivity index (χ2n) is 4.30. The fourth-order valence-electron chi connectivity index (χ4n) is 1.68. The van der Waals surface area contributed by atoms with Crippen molar-refractivity contribution in [3.8, 4) is 0 Å². The maximum atomic E-state index is 10.9. The van der Waals surface area contributed by atoms with Crippen molar-refractivity contribution in [3.63, 3.8) is 0 Å². The number of hydrogen-bond donors (Lipinski definition) is 1. The van der Waals surface area contributed by atoms with E-state index in [1.54, 1.807) is 4.68 Å². The minimum absolute atomic E-state index is 0.0899. The van der Waals surface area contributed by atoms with E-state index in [0.717, 1.165) is 25.1 Å². The van der Waals surface area contributed by atoms with Crippen LogP contribution < -0.4 is 0 Å². The maximum absolute atomic E-state index is 10.9. The molecule has 5 heteroatoms. The zero-order chi connectivity index (χ0) is 12.1. The summed E-state index contributed by atoms with van der Waals surface area (Å²) in [5.74, 6) is -0.334. The van der Waals surface area contributed by atoms with Crippen molar-refractivity contribution in [2.45, 2.75) is 46.6 Å². The van der Waals surface area contributed by atoms with Gasteiger partial charge in [-0.1, -0.05) is 26.0 Å². The van der Waals surface area contributed by atoms with Crippen molar-refractivity contribution in [1.82, 2.24) is 15.0 Å². The van der Waals surface area contributed by atoms with Gasteiger partial charge in [-0.05, 0) is 25.2 Å². The Hall–Kier alpha value is -1.39. The SMILES string of the molecule is CCc1c(C(=O)O)nnn1CCCC(C)C. The van der Waals surface area contributed by atoms with Crippen LogP contribution in [0.4, 0.5) is 0 Å². The highest BCUT2D eigenvalue weighted by molar-refractivity contribution is 5.86. The molecule has 1 N–H and O–H groups in total. The molecule has 16 heavy (non-hydrogen) atoms. The molecule has 0 aliphatic carbocycles. The molecular weight excluding hydrogens is 206 g/mol. The van der Waals surface area contributed by atoms with Gasteiger partial charge in [0, 0.05) is 6.54 Å². The van der Waals surface area contributed by atoms with E-state index in [1.807, 2.05) is 6.92 Å². The molecule has 0 spiro atoms. The minimum Gasteiger partial charge on any atom is -0.476 e. The van der Waals surface area contributed by atoms with Crippen molar-refractivity contribution in [1.29, 1.82) is 0 Å². The topological polar surface area (TPSA) is 68.0 Å². The summed E-state index contributed by atoms with van der Waals surface area (Å²) >= 11 is 0. The molecule has 0 fully saturated rings. The number of carbonyl (C=O) groups is 1. The van der Waals surface area contributed by atoms with Crippen LogP contribution in [-0.2, 0) is 13.0 Å². The number of carboxylic acid groups (broad SMARTS) is 1. The highest BCUT2D eigenvalue weighted by Gasteiger charge is 2.16. The van der Waals surface area contributed by atoms with Gasteiger partial charge < -0.3 is 5.11 Å². The molecule has 0 saturated heterocycles. The lowest BCUT2D eigenvalue weighted by Crippen LogP contribution is -2.08. The Morgan fingerprint density at radius 3 is 2.69 bits per heavy atom. The molecule has 0 aliphatic heterocycles. The number of carboxylic acids is 1. The molecule has 0 radical (unpaired) electrons. The summed E-state index contributed by atoms with van der Waals surface area (Å²) in [5.41, 5.74) is 0.809. The Labute approximate surface area is 95.5 Å². The summed E-state index contributed by atoms with van der Waals surface area (Å²) in [4.78, 5) is 10.9. The lowest BCUT2D eigenvalue weighted by Gasteiger charge is -2.06. The Morgan fingerprint density at radius 1 is 1.50 bits per heavy atom. The first-order chi connectivity index (χ1) is 7.56. The number of nitrogens with zero attached hydrogens (tertiary/aromatic N) is 3. The van der Waals surface area contributed by atoms with E-state index in [-0.39, 0.29) is 5.69 Å². The van der Waals surface area contributed by atoms with Crippen molar-refractivity contribution < 1.29 is 9.90 Å². The standard InChI is InChI=1S/C11H19N3O2/c1-4-9-10(11(15)16)12-13-14(9)7-5-6-8(2)3/h8H,4-7H2,1-3H3,(H,15,16). The molecule has 1 aromatic rings. The summed E-state index contributed by atoms with van der Waals surface area (Å²) in [5, 5.41) is 16.5. The van der Waals surface area contributed by atoms with Gasteiger partial charge in [0.05, 0.1) is 5.69 Å². The lowest BCUT2D eigenvalue weighted by molar-refractivity contribution is 0.0689. The molecular formula is C11H19N3O2. The molecule has 0 unspecified atom stereocenters. The van der Waals surface area contributed by atoms with Crippen LogP contribution in [0.2, 0.25) is 0 Å². The van der Waals surface area contributed by atoms with Crippen LogP contribution in [0.5, 0.6) is 0 Å². The van der Waals surface area contributed by atoms with Gasteiger partial charge in [-0.25, -0.2) is 9.48 Å². The summed E-state index contributed by atoms with van der Waals surface area (Å²) in [6.45, 7) is 7.02. The van der Waals surface area contributed by atoms with E-state index in [0.29, 0.717) is 12.3 Å². The van der Waals surface area contributed by atoms with Gasteiger partial charge >= 0.3 is 5.97 Å².